The van der Waals surface area contributed by atoms with E-state index in [-0.39, 0.29) is 0 Å². The fraction of sp³-hybridized carbons (Fsp3) is 0.429. The Labute approximate surface area is 117 Å². The summed E-state index contributed by atoms with van der Waals surface area (Å²) in [7, 11) is 1.62. The van der Waals surface area contributed by atoms with Crippen molar-refractivity contribution >= 4 is 11.3 Å². The van der Waals surface area contributed by atoms with Crippen LogP contribution in [0.1, 0.15) is 34.1 Å². The number of rotatable bonds is 5. The van der Waals surface area contributed by atoms with E-state index in [4.69, 9.17) is 4.74 Å². The lowest BCUT2D eigenvalue weighted by Crippen LogP contribution is -2.18. The zero-order valence-corrected chi connectivity index (χ0v) is 12.5. The predicted octanol–water partition coefficient (Wildman–Crippen LogP) is 3.01. The molecule has 2 rings (SSSR count). The third-order valence-corrected chi connectivity index (χ3v) is 4.21. The molecule has 0 bridgehead atoms. The Bertz CT molecular complexity index is 536. The van der Waals surface area contributed by atoms with Crippen molar-refractivity contribution in [1.29, 1.82) is 0 Å². The zero-order chi connectivity index (χ0) is 13.8. The van der Waals surface area contributed by atoms with Crippen LogP contribution in [-0.4, -0.2) is 17.1 Å². The van der Waals surface area contributed by atoms with Gasteiger partial charge in [0.1, 0.15) is 0 Å². The first-order valence-electron chi connectivity index (χ1n) is 6.26. The maximum absolute atomic E-state index is 5.04. The molecule has 2 aromatic rings. The summed E-state index contributed by atoms with van der Waals surface area (Å²) in [5, 5.41) is 4.61. The second-order valence-corrected chi connectivity index (χ2v) is 5.73. The summed E-state index contributed by atoms with van der Waals surface area (Å²) in [6.45, 7) is 7.05. The molecule has 2 aromatic heterocycles. The number of thiazole rings is 1. The molecule has 4 nitrogen and oxygen atoms in total. The van der Waals surface area contributed by atoms with Gasteiger partial charge < -0.3 is 10.1 Å². The minimum Gasteiger partial charge on any atom is -0.481 e. The van der Waals surface area contributed by atoms with Gasteiger partial charge in [0, 0.05) is 29.7 Å². The van der Waals surface area contributed by atoms with Crippen LogP contribution < -0.4 is 10.1 Å². The van der Waals surface area contributed by atoms with Gasteiger partial charge in [-0.1, -0.05) is 6.07 Å². The molecule has 0 radical (unpaired) electrons. The molecule has 0 aliphatic carbocycles. The number of ether oxygens (including phenoxy) is 1. The number of aryl methyl sites for hydroxylation is 2. The molecule has 0 fully saturated rings. The highest BCUT2D eigenvalue weighted by Gasteiger charge is 2.12. The number of pyridine rings is 1. The largest absolute Gasteiger partial charge is 0.481 e. The first kappa shape index (κ1) is 14.0. The van der Waals surface area contributed by atoms with Crippen LogP contribution in [0.3, 0.4) is 0 Å². The number of methoxy groups -OCH3 is 1. The molecule has 19 heavy (non-hydrogen) atoms. The van der Waals surface area contributed by atoms with Crippen molar-refractivity contribution in [3.63, 3.8) is 0 Å². The second kappa shape index (κ2) is 6.12. The summed E-state index contributed by atoms with van der Waals surface area (Å²) in [6.07, 6.45) is 1.84. The monoisotopic (exact) mass is 277 g/mol. The molecule has 0 aliphatic rings. The van der Waals surface area contributed by atoms with E-state index in [1.165, 1.54) is 4.88 Å². The van der Waals surface area contributed by atoms with Crippen LogP contribution in [0.25, 0.3) is 0 Å². The van der Waals surface area contributed by atoms with Gasteiger partial charge in [-0.15, -0.1) is 11.3 Å². The van der Waals surface area contributed by atoms with Crippen molar-refractivity contribution in [3.8, 4) is 5.88 Å². The van der Waals surface area contributed by atoms with Crippen LogP contribution in [0.5, 0.6) is 5.88 Å². The van der Waals surface area contributed by atoms with Crippen molar-refractivity contribution in [2.75, 3.05) is 7.11 Å². The van der Waals surface area contributed by atoms with E-state index in [9.17, 15) is 0 Å². The second-order valence-electron chi connectivity index (χ2n) is 4.49. The maximum atomic E-state index is 5.04. The Morgan fingerprint density at radius 3 is 2.68 bits per heavy atom. The maximum Gasteiger partial charge on any atom is 0.212 e. The molecular weight excluding hydrogens is 258 g/mol. The van der Waals surface area contributed by atoms with Crippen LogP contribution >= 0.6 is 11.3 Å². The van der Waals surface area contributed by atoms with E-state index in [1.54, 1.807) is 18.4 Å². The molecule has 1 N–H and O–H groups in total. The van der Waals surface area contributed by atoms with Crippen LogP contribution in [0, 0.1) is 13.8 Å². The van der Waals surface area contributed by atoms with Gasteiger partial charge in [-0.2, -0.15) is 0 Å². The molecule has 0 saturated carbocycles. The molecule has 1 unspecified atom stereocenters. The summed E-state index contributed by atoms with van der Waals surface area (Å²) in [5.41, 5.74) is 2.27. The first-order chi connectivity index (χ1) is 9.10. The topological polar surface area (TPSA) is 47.0 Å². The van der Waals surface area contributed by atoms with E-state index in [0.717, 1.165) is 22.8 Å². The zero-order valence-electron chi connectivity index (χ0n) is 11.7. The quantitative estimate of drug-likeness (QED) is 0.912. The third-order valence-electron chi connectivity index (χ3n) is 2.95. The number of hydrogen-bond donors (Lipinski definition) is 1. The highest BCUT2D eigenvalue weighted by molar-refractivity contribution is 7.11. The van der Waals surface area contributed by atoms with Crippen LogP contribution in [0.15, 0.2) is 18.3 Å². The number of nitrogens with one attached hydrogen (secondary N) is 1. The Morgan fingerprint density at radius 2 is 2.16 bits per heavy atom. The third kappa shape index (κ3) is 3.52. The van der Waals surface area contributed by atoms with E-state index in [1.807, 2.05) is 25.3 Å². The summed E-state index contributed by atoms with van der Waals surface area (Å²) in [6, 6.07) is 4.20. The fourth-order valence-electron chi connectivity index (χ4n) is 1.95. The molecule has 0 amide bonds. The average Bonchev–Trinajstić information content (AvgIpc) is 2.75. The molecule has 0 spiro atoms. The minimum atomic E-state index is 0.299. The SMILES string of the molecule is COc1ccc(CNC(C)c2sc(C)nc2C)cn1. The average molecular weight is 277 g/mol. The normalized spacial score (nSPS) is 12.4. The summed E-state index contributed by atoms with van der Waals surface area (Å²) >= 11 is 1.75. The van der Waals surface area contributed by atoms with Crippen molar-refractivity contribution in [3.05, 3.63) is 39.5 Å². The predicted molar refractivity (Wildman–Crippen MR) is 77.6 cm³/mol. The molecule has 0 aliphatic heterocycles. The Morgan fingerprint density at radius 1 is 1.37 bits per heavy atom. The van der Waals surface area contributed by atoms with Crippen molar-refractivity contribution in [2.24, 2.45) is 0 Å². The summed E-state index contributed by atoms with van der Waals surface area (Å²) < 4.78 is 5.04. The number of nitrogens with zero attached hydrogens (tertiary/aromatic N) is 2. The van der Waals surface area contributed by atoms with Crippen molar-refractivity contribution < 1.29 is 4.74 Å². The molecular formula is C14H19N3OS. The van der Waals surface area contributed by atoms with Crippen molar-refractivity contribution in [2.45, 2.75) is 33.4 Å². The van der Waals surface area contributed by atoms with Gasteiger partial charge in [0.15, 0.2) is 0 Å². The first-order valence-corrected chi connectivity index (χ1v) is 7.08. The van der Waals surface area contributed by atoms with Gasteiger partial charge in [-0.05, 0) is 26.3 Å². The van der Waals surface area contributed by atoms with Gasteiger partial charge >= 0.3 is 0 Å². The highest BCUT2D eigenvalue weighted by atomic mass is 32.1. The lowest BCUT2D eigenvalue weighted by molar-refractivity contribution is 0.397. The van der Waals surface area contributed by atoms with E-state index in [0.29, 0.717) is 11.9 Å². The molecule has 1 atom stereocenters. The van der Waals surface area contributed by atoms with Crippen LogP contribution in [0.4, 0.5) is 0 Å². The van der Waals surface area contributed by atoms with Crippen LogP contribution in [-0.2, 0) is 6.54 Å². The van der Waals surface area contributed by atoms with E-state index in [2.05, 4.69) is 29.1 Å². The van der Waals surface area contributed by atoms with Crippen molar-refractivity contribution in [1.82, 2.24) is 15.3 Å². The standard InChI is InChI=1S/C14H19N3OS/c1-9(14-10(2)17-11(3)19-14)15-7-12-5-6-13(18-4)16-8-12/h5-6,8-9,15H,7H2,1-4H3. The fourth-order valence-corrected chi connectivity index (χ4v) is 2.90. The lowest BCUT2D eigenvalue weighted by Gasteiger charge is -2.12. The summed E-state index contributed by atoms with van der Waals surface area (Å²) in [4.78, 5) is 9.96. The molecule has 2 heterocycles. The minimum absolute atomic E-state index is 0.299. The van der Waals surface area contributed by atoms with Gasteiger partial charge in [0.2, 0.25) is 5.88 Å². The van der Waals surface area contributed by atoms with Crippen LogP contribution in [0.2, 0.25) is 0 Å². The molecule has 0 aromatic carbocycles. The van der Waals surface area contributed by atoms with E-state index < -0.39 is 0 Å². The Balaban J connectivity index is 1.96. The molecule has 0 saturated heterocycles. The van der Waals surface area contributed by atoms with E-state index >= 15 is 0 Å². The van der Waals surface area contributed by atoms with Gasteiger partial charge in [0.05, 0.1) is 17.8 Å². The Kier molecular flexibility index (Phi) is 4.50. The van der Waals surface area contributed by atoms with Gasteiger partial charge in [0.25, 0.3) is 0 Å². The smallest absolute Gasteiger partial charge is 0.212 e. The number of hydrogen-bond acceptors (Lipinski definition) is 5. The van der Waals surface area contributed by atoms with Gasteiger partial charge in [-0.25, -0.2) is 9.97 Å². The molecule has 5 heteroatoms. The summed E-state index contributed by atoms with van der Waals surface area (Å²) in [5.74, 6) is 0.644. The number of aromatic nitrogens is 2. The molecule has 102 valence electrons. The Hall–Kier alpha value is -1.46. The lowest BCUT2D eigenvalue weighted by atomic mass is 10.2. The van der Waals surface area contributed by atoms with Gasteiger partial charge in [-0.3, -0.25) is 0 Å². The highest BCUT2D eigenvalue weighted by Crippen LogP contribution is 2.24.